The van der Waals surface area contributed by atoms with E-state index in [4.69, 9.17) is 5.26 Å². The van der Waals surface area contributed by atoms with E-state index in [-0.39, 0.29) is 23.1 Å². The molecule has 0 saturated carbocycles. The summed E-state index contributed by atoms with van der Waals surface area (Å²) in [5.74, 6) is -1.46. The van der Waals surface area contributed by atoms with Gasteiger partial charge >= 0.3 is 0 Å². The molecule has 0 fully saturated rings. The van der Waals surface area contributed by atoms with E-state index in [9.17, 15) is 13.6 Å². The quantitative estimate of drug-likeness (QED) is 0.449. The van der Waals surface area contributed by atoms with Crippen molar-refractivity contribution in [2.75, 3.05) is 5.32 Å². The van der Waals surface area contributed by atoms with Crippen LogP contribution in [0.3, 0.4) is 0 Å². The molecule has 0 saturated heterocycles. The Morgan fingerprint density at radius 1 is 1.17 bits per heavy atom. The Labute approximate surface area is 171 Å². The lowest BCUT2D eigenvalue weighted by molar-refractivity contribution is 0.100. The third-order valence-electron chi connectivity index (χ3n) is 3.87. The number of rotatable bonds is 4. The third-order valence-corrected chi connectivity index (χ3v) is 3.87. The largest absolute Gasteiger partial charge is 0.354 e. The summed E-state index contributed by atoms with van der Waals surface area (Å²) in [5, 5.41) is 21.6. The van der Waals surface area contributed by atoms with Crippen molar-refractivity contribution < 1.29 is 13.6 Å². The normalized spacial score (nSPS) is 11.3. The van der Waals surface area contributed by atoms with Crippen molar-refractivity contribution in [3.63, 3.8) is 0 Å². The summed E-state index contributed by atoms with van der Waals surface area (Å²) in [6, 6.07) is 12.8. The van der Waals surface area contributed by atoms with Gasteiger partial charge in [0.05, 0.1) is 17.3 Å². The second-order valence-electron chi connectivity index (χ2n) is 6.71. The molecule has 7 nitrogen and oxygen atoms in total. The minimum absolute atomic E-state index is 0.0470. The number of aromatic amines is 1. The Kier molecular flexibility index (Phi) is 6.17. The van der Waals surface area contributed by atoms with E-state index in [1.807, 2.05) is 19.9 Å². The van der Waals surface area contributed by atoms with Crippen molar-refractivity contribution in [3.05, 3.63) is 71.3 Å². The first-order valence-electron chi connectivity index (χ1n) is 9.02. The number of benzene rings is 2. The molecule has 30 heavy (non-hydrogen) atoms. The van der Waals surface area contributed by atoms with Gasteiger partial charge in [-0.25, -0.2) is 8.78 Å². The molecule has 1 amide bonds. The van der Waals surface area contributed by atoms with Crippen LogP contribution in [0.1, 0.15) is 29.8 Å². The molecule has 0 radical (unpaired) electrons. The number of anilines is 1. The SMILES string of the molecule is CC(C)N/C(=N/C(=O)c1cccc(C#N)c1)Nc1cc(-c2cc(F)cc(F)c2)n[nH]1. The molecule has 0 atom stereocenters. The fourth-order valence-corrected chi connectivity index (χ4v) is 2.62. The number of nitriles is 1. The smallest absolute Gasteiger partial charge is 0.280 e. The number of halogens is 2. The Bertz CT molecular complexity index is 1130. The molecule has 1 heterocycles. The number of H-pyrrole nitrogens is 1. The highest BCUT2D eigenvalue weighted by molar-refractivity contribution is 6.06. The van der Waals surface area contributed by atoms with Gasteiger partial charge in [-0.3, -0.25) is 9.89 Å². The Balaban J connectivity index is 1.85. The standard InChI is InChI=1S/C21H18F2N6O/c1-12(2)25-21(27-20(30)14-5-3-4-13(6-14)11-24)26-19-10-18(28-29-19)15-7-16(22)9-17(23)8-15/h3-10,12H,1-2H3,(H3,25,26,27,28,29,30). The predicted molar refractivity (Wildman–Crippen MR) is 109 cm³/mol. The summed E-state index contributed by atoms with van der Waals surface area (Å²) >= 11 is 0. The zero-order valence-electron chi connectivity index (χ0n) is 16.2. The highest BCUT2D eigenvalue weighted by Crippen LogP contribution is 2.22. The monoisotopic (exact) mass is 408 g/mol. The van der Waals surface area contributed by atoms with Gasteiger partial charge in [0.1, 0.15) is 17.5 Å². The first kappa shape index (κ1) is 20.7. The van der Waals surface area contributed by atoms with Gasteiger partial charge in [0.15, 0.2) is 0 Å². The zero-order chi connectivity index (χ0) is 21.7. The average Bonchev–Trinajstić information content (AvgIpc) is 3.15. The van der Waals surface area contributed by atoms with Gasteiger partial charge in [0, 0.05) is 29.3 Å². The molecule has 3 aromatic rings. The summed E-state index contributed by atoms with van der Waals surface area (Å²) in [4.78, 5) is 16.6. The molecule has 9 heteroatoms. The molecular formula is C21H18F2N6O. The van der Waals surface area contributed by atoms with Gasteiger partial charge in [-0.2, -0.15) is 15.4 Å². The van der Waals surface area contributed by atoms with Crippen molar-refractivity contribution in [1.29, 1.82) is 5.26 Å². The van der Waals surface area contributed by atoms with Crippen LogP contribution in [0.15, 0.2) is 53.5 Å². The van der Waals surface area contributed by atoms with Crippen LogP contribution in [0, 0.1) is 23.0 Å². The highest BCUT2D eigenvalue weighted by Gasteiger charge is 2.12. The number of amides is 1. The molecular weight excluding hydrogens is 390 g/mol. The molecule has 3 N–H and O–H groups in total. The topological polar surface area (TPSA) is 106 Å². The highest BCUT2D eigenvalue weighted by atomic mass is 19.1. The fraction of sp³-hybridized carbons (Fsp3) is 0.143. The van der Waals surface area contributed by atoms with Crippen molar-refractivity contribution in [3.8, 4) is 17.3 Å². The molecule has 2 aromatic carbocycles. The fourth-order valence-electron chi connectivity index (χ4n) is 2.62. The van der Waals surface area contributed by atoms with Crippen molar-refractivity contribution in [2.45, 2.75) is 19.9 Å². The van der Waals surface area contributed by atoms with Gasteiger partial charge in [0.25, 0.3) is 5.91 Å². The van der Waals surface area contributed by atoms with E-state index in [0.717, 1.165) is 18.2 Å². The Hall–Kier alpha value is -4.06. The number of nitrogens with zero attached hydrogens (tertiary/aromatic N) is 3. The Morgan fingerprint density at radius 3 is 2.57 bits per heavy atom. The van der Waals surface area contributed by atoms with E-state index in [2.05, 4.69) is 25.8 Å². The number of carbonyl (C=O) groups excluding carboxylic acids is 1. The van der Waals surface area contributed by atoms with Gasteiger partial charge in [-0.15, -0.1) is 0 Å². The molecule has 0 aliphatic carbocycles. The van der Waals surface area contributed by atoms with Gasteiger partial charge < -0.3 is 10.6 Å². The van der Waals surface area contributed by atoms with E-state index in [1.165, 1.54) is 12.1 Å². The number of hydrogen-bond donors (Lipinski definition) is 3. The lowest BCUT2D eigenvalue weighted by Crippen LogP contribution is -2.36. The van der Waals surface area contributed by atoms with E-state index >= 15 is 0 Å². The van der Waals surface area contributed by atoms with Crippen LogP contribution in [0.4, 0.5) is 14.6 Å². The molecule has 0 aliphatic heterocycles. The maximum absolute atomic E-state index is 13.5. The van der Waals surface area contributed by atoms with Gasteiger partial charge in [-0.05, 0) is 44.2 Å². The predicted octanol–water partition coefficient (Wildman–Crippen LogP) is 3.83. The molecule has 152 valence electrons. The maximum Gasteiger partial charge on any atom is 0.280 e. The number of aromatic nitrogens is 2. The van der Waals surface area contributed by atoms with Crippen LogP contribution in [0.5, 0.6) is 0 Å². The van der Waals surface area contributed by atoms with Crippen LogP contribution in [-0.2, 0) is 0 Å². The second-order valence-corrected chi connectivity index (χ2v) is 6.71. The molecule has 3 rings (SSSR count). The summed E-state index contributed by atoms with van der Waals surface area (Å²) in [7, 11) is 0. The minimum Gasteiger partial charge on any atom is -0.354 e. The minimum atomic E-state index is -0.712. The summed E-state index contributed by atoms with van der Waals surface area (Å²) in [6.07, 6.45) is 0. The lowest BCUT2D eigenvalue weighted by Gasteiger charge is -2.13. The van der Waals surface area contributed by atoms with Crippen molar-refractivity contribution >= 4 is 17.7 Å². The van der Waals surface area contributed by atoms with Crippen LogP contribution in [-0.4, -0.2) is 28.1 Å². The molecule has 1 aromatic heterocycles. The lowest BCUT2D eigenvalue weighted by atomic mass is 10.1. The average molecular weight is 408 g/mol. The van der Waals surface area contributed by atoms with Crippen LogP contribution in [0.2, 0.25) is 0 Å². The number of nitrogens with one attached hydrogen (secondary N) is 3. The molecule has 0 bridgehead atoms. The van der Waals surface area contributed by atoms with Crippen molar-refractivity contribution in [1.82, 2.24) is 15.5 Å². The summed E-state index contributed by atoms with van der Waals surface area (Å²) in [5.41, 5.74) is 1.19. The molecule has 0 spiro atoms. The number of carbonyl (C=O) groups is 1. The van der Waals surface area contributed by atoms with Crippen LogP contribution in [0.25, 0.3) is 11.3 Å². The number of aliphatic imine (C=N–C) groups is 1. The van der Waals surface area contributed by atoms with Crippen molar-refractivity contribution in [2.24, 2.45) is 4.99 Å². The summed E-state index contributed by atoms with van der Waals surface area (Å²) < 4.78 is 26.9. The van der Waals surface area contributed by atoms with E-state index in [0.29, 0.717) is 17.1 Å². The second kappa shape index (κ2) is 8.96. The van der Waals surface area contributed by atoms with Crippen LogP contribution >= 0.6 is 0 Å². The first-order valence-corrected chi connectivity index (χ1v) is 9.02. The van der Waals surface area contributed by atoms with Gasteiger partial charge in [-0.1, -0.05) is 6.07 Å². The van der Waals surface area contributed by atoms with E-state index < -0.39 is 17.5 Å². The maximum atomic E-state index is 13.5. The first-order chi connectivity index (χ1) is 14.3. The number of hydrogen-bond acceptors (Lipinski definition) is 3. The third kappa shape index (κ3) is 5.26. The summed E-state index contributed by atoms with van der Waals surface area (Å²) in [6.45, 7) is 3.73. The molecule has 0 unspecified atom stereocenters. The number of guanidine groups is 1. The zero-order valence-corrected chi connectivity index (χ0v) is 16.2. The van der Waals surface area contributed by atoms with Crippen LogP contribution < -0.4 is 10.6 Å². The van der Waals surface area contributed by atoms with Gasteiger partial charge in [0.2, 0.25) is 5.96 Å². The molecule has 0 aliphatic rings. The van der Waals surface area contributed by atoms with E-state index in [1.54, 1.807) is 18.2 Å². The Morgan fingerprint density at radius 2 is 1.90 bits per heavy atom.